The highest BCUT2D eigenvalue weighted by Gasteiger charge is 2.20. The Kier molecular flexibility index (Phi) is 6.36. The van der Waals surface area contributed by atoms with E-state index < -0.39 is 16.2 Å². The normalized spacial score (nSPS) is 12.3. The Balaban J connectivity index is 3.40. The molecule has 6 heteroatoms. The number of rotatable bonds is 6. The van der Waals surface area contributed by atoms with Gasteiger partial charge in [0.1, 0.15) is 0 Å². The van der Waals surface area contributed by atoms with Crippen molar-refractivity contribution < 1.29 is 17.8 Å². The van der Waals surface area contributed by atoms with Crippen LogP contribution in [0.3, 0.4) is 0 Å². The summed E-state index contributed by atoms with van der Waals surface area (Å²) < 4.78 is 32.1. The maximum absolute atomic E-state index is 11.9. The lowest BCUT2D eigenvalue weighted by Gasteiger charge is -2.22. The van der Waals surface area contributed by atoms with Crippen molar-refractivity contribution in [3.63, 3.8) is 0 Å². The van der Waals surface area contributed by atoms with Crippen LogP contribution in [0.25, 0.3) is 0 Å². The van der Waals surface area contributed by atoms with Gasteiger partial charge in [0.2, 0.25) is 5.91 Å². The van der Waals surface area contributed by atoms with Crippen molar-refractivity contribution >= 4 is 16.2 Å². The van der Waals surface area contributed by atoms with Gasteiger partial charge in [0.15, 0.2) is 0 Å². The van der Waals surface area contributed by atoms with Crippen LogP contribution in [-0.2, 0) is 21.5 Å². The maximum Gasteiger partial charge on any atom is 0.359 e. The van der Waals surface area contributed by atoms with Crippen molar-refractivity contribution in [2.24, 2.45) is 0 Å². The van der Waals surface area contributed by atoms with Gasteiger partial charge in [-0.3, -0.25) is 9.35 Å². The standard InChI is InChI=1S/C17H27NO4S/c1-10(2)13-7-14(11(3)4)16(15(8-13)12(5)6)9-17(19)18-23(20,21)22/h7-8,10-12H,9H2,1-6H3,(H,18,19)(H,20,21,22). The van der Waals surface area contributed by atoms with Gasteiger partial charge in [-0.25, -0.2) is 4.72 Å². The molecular weight excluding hydrogens is 314 g/mol. The van der Waals surface area contributed by atoms with Gasteiger partial charge in [-0.15, -0.1) is 0 Å². The fourth-order valence-corrected chi connectivity index (χ4v) is 3.01. The zero-order valence-electron chi connectivity index (χ0n) is 14.7. The first-order valence-electron chi connectivity index (χ1n) is 7.87. The van der Waals surface area contributed by atoms with E-state index in [0.717, 1.165) is 16.7 Å². The molecule has 0 bridgehead atoms. The second-order valence-corrected chi connectivity index (χ2v) is 7.97. The summed E-state index contributed by atoms with van der Waals surface area (Å²) in [5, 5.41) is 0. The Morgan fingerprint density at radius 3 is 1.74 bits per heavy atom. The van der Waals surface area contributed by atoms with Gasteiger partial charge < -0.3 is 0 Å². The minimum Gasteiger partial charge on any atom is -0.274 e. The first kappa shape index (κ1) is 19.6. The molecule has 1 aromatic carbocycles. The Morgan fingerprint density at radius 2 is 1.43 bits per heavy atom. The van der Waals surface area contributed by atoms with Gasteiger partial charge in [-0.05, 0) is 40.0 Å². The van der Waals surface area contributed by atoms with E-state index >= 15 is 0 Å². The third-order valence-electron chi connectivity index (χ3n) is 3.83. The van der Waals surface area contributed by atoms with E-state index in [9.17, 15) is 13.2 Å². The molecule has 5 nitrogen and oxygen atoms in total. The molecule has 1 rings (SSSR count). The molecule has 2 N–H and O–H groups in total. The van der Waals surface area contributed by atoms with Crippen LogP contribution in [0, 0.1) is 0 Å². The Bertz CT molecular complexity index is 647. The second-order valence-electron chi connectivity index (χ2n) is 6.82. The molecule has 1 amide bonds. The molecule has 0 heterocycles. The minimum atomic E-state index is -4.53. The first-order chi connectivity index (χ1) is 10.4. The van der Waals surface area contributed by atoms with Crippen LogP contribution in [0.2, 0.25) is 0 Å². The minimum absolute atomic E-state index is 0.0702. The molecule has 0 spiro atoms. The smallest absolute Gasteiger partial charge is 0.274 e. The molecule has 0 fully saturated rings. The second kappa shape index (κ2) is 7.45. The Labute approximate surface area is 139 Å². The molecule has 0 saturated heterocycles. The molecule has 0 saturated carbocycles. The third-order valence-corrected chi connectivity index (χ3v) is 4.32. The molecule has 0 aliphatic rings. The molecule has 23 heavy (non-hydrogen) atoms. The Hall–Kier alpha value is -1.40. The summed E-state index contributed by atoms with van der Waals surface area (Å²) in [7, 11) is -4.53. The van der Waals surface area contributed by atoms with Gasteiger partial charge in [0.05, 0.1) is 6.42 Å². The highest BCUT2D eigenvalue weighted by Crippen LogP contribution is 2.32. The highest BCUT2D eigenvalue weighted by atomic mass is 32.2. The van der Waals surface area contributed by atoms with E-state index in [-0.39, 0.29) is 18.3 Å². The summed E-state index contributed by atoms with van der Waals surface area (Å²) in [6.07, 6.45) is -0.0702. The van der Waals surface area contributed by atoms with E-state index in [4.69, 9.17) is 4.55 Å². The summed E-state index contributed by atoms with van der Waals surface area (Å²) in [6.45, 7) is 12.4. The van der Waals surface area contributed by atoms with Gasteiger partial charge in [0.25, 0.3) is 0 Å². The third kappa shape index (κ3) is 5.62. The number of hydrogen-bond acceptors (Lipinski definition) is 3. The maximum atomic E-state index is 11.9. The van der Waals surface area contributed by atoms with Crippen LogP contribution in [-0.4, -0.2) is 18.9 Å². The summed E-state index contributed by atoms with van der Waals surface area (Å²) in [6, 6.07) is 4.19. The van der Waals surface area contributed by atoms with Crippen LogP contribution in [0.15, 0.2) is 12.1 Å². The molecule has 0 radical (unpaired) electrons. The fourth-order valence-electron chi connectivity index (χ4n) is 2.65. The lowest BCUT2D eigenvalue weighted by Crippen LogP contribution is -2.31. The predicted molar refractivity (Wildman–Crippen MR) is 92.1 cm³/mol. The van der Waals surface area contributed by atoms with Gasteiger partial charge in [0, 0.05) is 0 Å². The molecule has 0 aromatic heterocycles. The summed E-state index contributed by atoms with van der Waals surface area (Å²) in [5.41, 5.74) is 4.15. The first-order valence-corrected chi connectivity index (χ1v) is 9.31. The van der Waals surface area contributed by atoms with Crippen molar-refractivity contribution in [2.45, 2.75) is 65.7 Å². The Morgan fingerprint density at radius 1 is 1.00 bits per heavy atom. The van der Waals surface area contributed by atoms with E-state index in [2.05, 4.69) is 26.0 Å². The number of hydrogen-bond donors (Lipinski definition) is 2. The van der Waals surface area contributed by atoms with Crippen molar-refractivity contribution in [3.05, 3.63) is 34.4 Å². The number of carbonyl (C=O) groups excluding carboxylic acids is 1. The lowest BCUT2D eigenvalue weighted by atomic mass is 9.83. The average molecular weight is 341 g/mol. The predicted octanol–water partition coefficient (Wildman–Crippen LogP) is 3.52. The molecule has 0 atom stereocenters. The van der Waals surface area contributed by atoms with Crippen molar-refractivity contribution in [3.8, 4) is 0 Å². The molecule has 0 unspecified atom stereocenters. The van der Waals surface area contributed by atoms with Crippen molar-refractivity contribution in [1.82, 2.24) is 4.72 Å². The van der Waals surface area contributed by atoms with Crippen LogP contribution in [0.4, 0.5) is 0 Å². The van der Waals surface area contributed by atoms with Crippen LogP contribution in [0.5, 0.6) is 0 Å². The summed E-state index contributed by atoms with van der Waals surface area (Å²) in [4.78, 5) is 11.9. The number of carbonyl (C=O) groups is 1. The number of amides is 1. The van der Waals surface area contributed by atoms with E-state index in [1.807, 2.05) is 27.7 Å². The monoisotopic (exact) mass is 341 g/mol. The van der Waals surface area contributed by atoms with Crippen LogP contribution in [0.1, 0.15) is 81.5 Å². The van der Waals surface area contributed by atoms with Crippen molar-refractivity contribution in [2.75, 3.05) is 0 Å². The molecule has 1 aromatic rings. The zero-order chi connectivity index (χ0) is 17.9. The van der Waals surface area contributed by atoms with E-state index in [1.54, 1.807) is 4.72 Å². The van der Waals surface area contributed by atoms with Crippen LogP contribution >= 0.6 is 0 Å². The summed E-state index contributed by atoms with van der Waals surface area (Å²) >= 11 is 0. The zero-order valence-corrected chi connectivity index (χ0v) is 15.5. The van der Waals surface area contributed by atoms with Gasteiger partial charge in [-0.1, -0.05) is 53.7 Å². The molecule has 0 aliphatic carbocycles. The quantitative estimate of drug-likeness (QED) is 0.776. The van der Waals surface area contributed by atoms with Crippen LogP contribution < -0.4 is 4.72 Å². The average Bonchev–Trinajstić information content (AvgIpc) is 2.35. The van der Waals surface area contributed by atoms with Gasteiger partial charge >= 0.3 is 10.3 Å². The SMILES string of the molecule is CC(C)c1cc(C(C)C)c(CC(=O)NS(=O)(=O)O)c(C(C)C)c1. The largest absolute Gasteiger partial charge is 0.359 e. The lowest BCUT2D eigenvalue weighted by molar-refractivity contribution is -0.118. The van der Waals surface area contributed by atoms with E-state index in [0.29, 0.717) is 5.92 Å². The molecule has 0 aliphatic heterocycles. The summed E-state index contributed by atoms with van der Waals surface area (Å²) in [5.74, 6) is 0.0544. The topological polar surface area (TPSA) is 83.5 Å². The van der Waals surface area contributed by atoms with Gasteiger partial charge in [-0.2, -0.15) is 8.42 Å². The van der Waals surface area contributed by atoms with Crippen molar-refractivity contribution in [1.29, 1.82) is 0 Å². The molecule has 130 valence electrons. The van der Waals surface area contributed by atoms with E-state index in [1.165, 1.54) is 5.56 Å². The number of benzene rings is 1. The number of nitrogens with one attached hydrogen (secondary N) is 1. The molecular formula is C17H27NO4S. The highest BCUT2D eigenvalue weighted by molar-refractivity contribution is 7.84. The fraction of sp³-hybridized carbons (Fsp3) is 0.588.